The van der Waals surface area contributed by atoms with Gasteiger partial charge in [0.2, 0.25) is 0 Å². The van der Waals surface area contributed by atoms with Gasteiger partial charge in [-0.2, -0.15) is 0 Å². The van der Waals surface area contributed by atoms with Crippen molar-refractivity contribution in [3.05, 3.63) is 35.4 Å². The highest BCUT2D eigenvalue weighted by Crippen LogP contribution is 2.26. The lowest BCUT2D eigenvalue weighted by Crippen LogP contribution is -2.41. The minimum absolute atomic E-state index is 0.0488. The lowest BCUT2D eigenvalue weighted by molar-refractivity contribution is -0.131. The third-order valence-electron chi connectivity index (χ3n) is 3.82. The van der Waals surface area contributed by atoms with Crippen molar-refractivity contribution in [3.63, 3.8) is 0 Å². The normalized spacial score (nSPS) is 14.8. The largest absolute Gasteiger partial charge is 0.496 e. The van der Waals surface area contributed by atoms with Crippen LogP contribution in [-0.2, 0) is 4.79 Å². The van der Waals surface area contributed by atoms with Gasteiger partial charge < -0.3 is 14.7 Å². The standard InChI is InChI=1S/C16H19NO4/c1-17(13-4-3-5-13)16(20)12-6-8-14(21-2)11(10-12)7-9-15(18)19/h6-10,13H,3-5H2,1-2H3,(H,18,19)/b9-7+. The number of carbonyl (C=O) groups is 2. The number of hydrogen-bond acceptors (Lipinski definition) is 3. The molecule has 2 rings (SSSR count). The fraction of sp³-hybridized carbons (Fsp3) is 0.375. The first-order valence-electron chi connectivity index (χ1n) is 6.89. The van der Waals surface area contributed by atoms with Gasteiger partial charge in [-0.3, -0.25) is 4.79 Å². The number of ether oxygens (including phenoxy) is 1. The van der Waals surface area contributed by atoms with E-state index in [0.717, 1.165) is 25.3 Å². The van der Waals surface area contributed by atoms with Crippen LogP contribution in [0.4, 0.5) is 0 Å². The predicted octanol–water partition coefficient (Wildman–Crippen LogP) is 2.42. The van der Waals surface area contributed by atoms with Gasteiger partial charge >= 0.3 is 5.97 Å². The van der Waals surface area contributed by atoms with Crippen molar-refractivity contribution in [1.29, 1.82) is 0 Å². The second-order valence-corrected chi connectivity index (χ2v) is 5.13. The molecule has 0 bridgehead atoms. The van der Waals surface area contributed by atoms with Crippen LogP contribution in [0.3, 0.4) is 0 Å². The second-order valence-electron chi connectivity index (χ2n) is 5.13. The molecule has 0 aliphatic heterocycles. The molecule has 0 atom stereocenters. The highest BCUT2D eigenvalue weighted by atomic mass is 16.5. The summed E-state index contributed by atoms with van der Waals surface area (Å²) >= 11 is 0. The lowest BCUT2D eigenvalue weighted by Gasteiger charge is -2.34. The number of benzene rings is 1. The summed E-state index contributed by atoms with van der Waals surface area (Å²) in [6.07, 6.45) is 5.72. The highest BCUT2D eigenvalue weighted by Gasteiger charge is 2.26. The zero-order valence-electron chi connectivity index (χ0n) is 12.2. The molecule has 1 aliphatic carbocycles. The lowest BCUT2D eigenvalue weighted by atomic mass is 9.91. The monoisotopic (exact) mass is 289 g/mol. The number of carboxylic acid groups (broad SMARTS) is 1. The molecule has 1 fully saturated rings. The Morgan fingerprint density at radius 2 is 2.10 bits per heavy atom. The molecule has 1 aliphatic rings. The van der Waals surface area contributed by atoms with Gasteiger partial charge in [0.1, 0.15) is 5.75 Å². The molecule has 0 aromatic heterocycles. The fourth-order valence-corrected chi connectivity index (χ4v) is 2.30. The molecule has 0 radical (unpaired) electrons. The molecule has 0 heterocycles. The Bertz CT molecular complexity index is 576. The predicted molar refractivity (Wildman–Crippen MR) is 79.4 cm³/mol. The van der Waals surface area contributed by atoms with Gasteiger partial charge in [-0.25, -0.2) is 4.79 Å². The van der Waals surface area contributed by atoms with Crippen LogP contribution < -0.4 is 4.74 Å². The Labute approximate surface area is 123 Å². The zero-order chi connectivity index (χ0) is 15.4. The van der Waals surface area contributed by atoms with Crippen LogP contribution in [0.5, 0.6) is 5.75 Å². The van der Waals surface area contributed by atoms with Gasteiger partial charge in [-0.05, 0) is 43.5 Å². The van der Waals surface area contributed by atoms with Gasteiger partial charge in [0.25, 0.3) is 5.91 Å². The summed E-state index contributed by atoms with van der Waals surface area (Å²) in [5.74, 6) is -0.553. The Kier molecular flexibility index (Phi) is 4.62. The van der Waals surface area contributed by atoms with Crippen molar-refractivity contribution >= 4 is 18.0 Å². The highest BCUT2D eigenvalue weighted by molar-refractivity contribution is 5.95. The molecule has 5 heteroatoms. The van der Waals surface area contributed by atoms with Crippen LogP contribution in [0, 0.1) is 0 Å². The molecular weight excluding hydrogens is 270 g/mol. The molecule has 112 valence electrons. The van der Waals surface area contributed by atoms with Crippen LogP contribution in [0.1, 0.15) is 35.2 Å². The van der Waals surface area contributed by atoms with Crippen LogP contribution >= 0.6 is 0 Å². The number of carboxylic acids is 1. The molecule has 1 amide bonds. The van der Waals surface area contributed by atoms with Crippen LogP contribution in [0.25, 0.3) is 6.08 Å². The average molecular weight is 289 g/mol. The van der Waals surface area contributed by atoms with E-state index in [0.29, 0.717) is 22.9 Å². The zero-order valence-corrected chi connectivity index (χ0v) is 12.2. The fourth-order valence-electron chi connectivity index (χ4n) is 2.30. The van der Waals surface area contributed by atoms with E-state index in [1.807, 2.05) is 7.05 Å². The Hall–Kier alpha value is -2.30. The maximum Gasteiger partial charge on any atom is 0.328 e. The average Bonchev–Trinajstić information content (AvgIpc) is 2.41. The number of hydrogen-bond donors (Lipinski definition) is 1. The molecular formula is C16H19NO4. The molecule has 0 spiro atoms. The van der Waals surface area contributed by atoms with Crippen LogP contribution in [-0.4, -0.2) is 42.1 Å². The van der Waals surface area contributed by atoms with E-state index >= 15 is 0 Å². The van der Waals surface area contributed by atoms with E-state index < -0.39 is 5.97 Å². The third-order valence-corrected chi connectivity index (χ3v) is 3.82. The number of rotatable bonds is 5. The molecule has 0 unspecified atom stereocenters. The van der Waals surface area contributed by atoms with E-state index in [1.54, 1.807) is 23.1 Å². The number of carbonyl (C=O) groups excluding carboxylic acids is 1. The summed E-state index contributed by atoms with van der Waals surface area (Å²) in [5.41, 5.74) is 1.11. The van der Waals surface area contributed by atoms with Crippen molar-refractivity contribution < 1.29 is 19.4 Å². The van der Waals surface area contributed by atoms with Gasteiger partial charge in [0.05, 0.1) is 7.11 Å². The SMILES string of the molecule is COc1ccc(C(=O)N(C)C2CCC2)cc1/C=C/C(=O)O. The van der Waals surface area contributed by atoms with E-state index in [2.05, 4.69) is 0 Å². The molecule has 0 saturated heterocycles. The van der Waals surface area contributed by atoms with E-state index in [9.17, 15) is 9.59 Å². The smallest absolute Gasteiger partial charge is 0.328 e. The third kappa shape index (κ3) is 3.42. The Balaban J connectivity index is 2.25. The molecule has 1 saturated carbocycles. The molecule has 21 heavy (non-hydrogen) atoms. The van der Waals surface area contributed by atoms with Crippen molar-refractivity contribution in [2.24, 2.45) is 0 Å². The summed E-state index contributed by atoms with van der Waals surface area (Å²) < 4.78 is 5.18. The Morgan fingerprint density at radius 1 is 1.38 bits per heavy atom. The number of aliphatic carboxylic acids is 1. The number of methoxy groups -OCH3 is 1. The van der Waals surface area contributed by atoms with E-state index in [4.69, 9.17) is 9.84 Å². The first-order chi connectivity index (χ1) is 10.0. The van der Waals surface area contributed by atoms with Gasteiger partial charge in [0, 0.05) is 30.3 Å². The summed E-state index contributed by atoms with van der Waals surface area (Å²) in [5, 5.41) is 8.71. The number of amides is 1. The van der Waals surface area contributed by atoms with Gasteiger partial charge in [0.15, 0.2) is 0 Å². The Morgan fingerprint density at radius 3 is 2.62 bits per heavy atom. The van der Waals surface area contributed by atoms with Crippen LogP contribution in [0.2, 0.25) is 0 Å². The second kappa shape index (κ2) is 6.43. The summed E-state index contributed by atoms with van der Waals surface area (Å²) in [6, 6.07) is 5.37. The molecule has 1 aromatic rings. The summed E-state index contributed by atoms with van der Waals surface area (Å²) in [6.45, 7) is 0. The number of nitrogens with zero attached hydrogens (tertiary/aromatic N) is 1. The first-order valence-corrected chi connectivity index (χ1v) is 6.89. The van der Waals surface area contributed by atoms with Crippen molar-refractivity contribution in [1.82, 2.24) is 4.90 Å². The molecule has 1 N–H and O–H groups in total. The topological polar surface area (TPSA) is 66.8 Å². The first kappa shape index (κ1) is 15.1. The summed E-state index contributed by atoms with van der Waals surface area (Å²) in [4.78, 5) is 24.8. The van der Waals surface area contributed by atoms with Crippen molar-refractivity contribution in [3.8, 4) is 5.75 Å². The van der Waals surface area contributed by atoms with Crippen molar-refractivity contribution in [2.45, 2.75) is 25.3 Å². The summed E-state index contributed by atoms with van der Waals surface area (Å²) in [7, 11) is 3.32. The molecule has 1 aromatic carbocycles. The quantitative estimate of drug-likeness (QED) is 0.845. The molecule has 5 nitrogen and oxygen atoms in total. The minimum atomic E-state index is -1.04. The van der Waals surface area contributed by atoms with E-state index in [-0.39, 0.29) is 5.91 Å². The maximum absolute atomic E-state index is 12.4. The van der Waals surface area contributed by atoms with Gasteiger partial charge in [-0.15, -0.1) is 0 Å². The van der Waals surface area contributed by atoms with E-state index in [1.165, 1.54) is 13.2 Å². The maximum atomic E-state index is 12.4. The van der Waals surface area contributed by atoms with Crippen molar-refractivity contribution in [2.75, 3.05) is 14.2 Å². The minimum Gasteiger partial charge on any atom is -0.496 e. The van der Waals surface area contributed by atoms with Gasteiger partial charge in [-0.1, -0.05) is 0 Å². The van der Waals surface area contributed by atoms with Crippen LogP contribution in [0.15, 0.2) is 24.3 Å².